The molecule has 82 valence electrons. The predicted octanol–water partition coefficient (Wildman–Crippen LogP) is 2.54. The first kappa shape index (κ1) is 17.1. The van der Waals surface area contributed by atoms with Crippen molar-refractivity contribution in [1.82, 2.24) is 0 Å². The van der Waals surface area contributed by atoms with Crippen molar-refractivity contribution in [3.05, 3.63) is 0 Å². The van der Waals surface area contributed by atoms with E-state index in [4.69, 9.17) is 5.11 Å². The second-order valence-corrected chi connectivity index (χ2v) is 3.67. The van der Waals surface area contributed by atoms with E-state index in [1.807, 2.05) is 6.92 Å². The fourth-order valence-electron chi connectivity index (χ4n) is 1.56. The summed E-state index contributed by atoms with van der Waals surface area (Å²) >= 11 is 0. The summed E-state index contributed by atoms with van der Waals surface area (Å²) in [4.78, 5) is 10.8. The van der Waals surface area contributed by atoms with Crippen LogP contribution < -0.4 is 0 Å². The van der Waals surface area contributed by atoms with Gasteiger partial charge in [-0.05, 0) is 12.8 Å². The van der Waals surface area contributed by atoms with Crippen LogP contribution in [0.5, 0.6) is 0 Å². The van der Waals surface area contributed by atoms with Crippen LogP contribution in [-0.2, 0) is 4.79 Å². The maximum absolute atomic E-state index is 10.8. The SMILES string of the molecule is CCCCCCC(CCC)C(=O)O.[CaH2]. The predicted molar refractivity (Wildman–Crippen MR) is 63.3 cm³/mol. The Balaban J connectivity index is 0. The van der Waals surface area contributed by atoms with Crippen LogP contribution in [0.15, 0.2) is 0 Å². The number of hydrogen-bond donors (Lipinski definition) is 1. The van der Waals surface area contributed by atoms with Crippen molar-refractivity contribution >= 4 is 43.7 Å². The molecule has 0 saturated heterocycles. The summed E-state index contributed by atoms with van der Waals surface area (Å²) in [5, 5.41) is 8.86. The van der Waals surface area contributed by atoms with Crippen molar-refractivity contribution in [2.75, 3.05) is 0 Å². The van der Waals surface area contributed by atoms with Gasteiger partial charge in [0, 0.05) is 0 Å². The molecular weight excluding hydrogens is 204 g/mol. The van der Waals surface area contributed by atoms with Gasteiger partial charge in [-0.3, -0.25) is 4.79 Å². The number of carbonyl (C=O) groups is 1. The third-order valence-corrected chi connectivity index (χ3v) is 2.39. The van der Waals surface area contributed by atoms with E-state index in [0.29, 0.717) is 0 Å². The third-order valence-electron chi connectivity index (χ3n) is 2.39. The Morgan fingerprint density at radius 1 is 1.07 bits per heavy atom. The summed E-state index contributed by atoms with van der Waals surface area (Å²) in [5.74, 6) is -0.708. The van der Waals surface area contributed by atoms with Crippen molar-refractivity contribution in [3.8, 4) is 0 Å². The van der Waals surface area contributed by atoms with Gasteiger partial charge in [0.25, 0.3) is 0 Å². The van der Waals surface area contributed by atoms with Crippen molar-refractivity contribution in [2.45, 2.75) is 58.8 Å². The van der Waals surface area contributed by atoms with Gasteiger partial charge in [-0.1, -0.05) is 46.0 Å². The van der Waals surface area contributed by atoms with Crippen LogP contribution >= 0.6 is 0 Å². The Morgan fingerprint density at radius 3 is 2.14 bits per heavy atom. The molecule has 0 aliphatic carbocycles. The van der Waals surface area contributed by atoms with E-state index in [0.717, 1.165) is 25.7 Å². The van der Waals surface area contributed by atoms with E-state index in [2.05, 4.69) is 6.92 Å². The number of carboxylic acid groups (broad SMARTS) is 1. The zero-order valence-electron chi connectivity index (χ0n) is 8.88. The summed E-state index contributed by atoms with van der Waals surface area (Å²) < 4.78 is 0. The van der Waals surface area contributed by atoms with Crippen LogP contribution in [0.3, 0.4) is 0 Å². The summed E-state index contributed by atoms with van der Waals surface area (Å²) in [5.41, 5.74) is 0. The second kappa shape index (κ2) is 11.8. The van der Waals surface area contributed by atoms with Crippen LogP contribution in [0.2, 0.25) is 0 Å². The molecule has 1 unspecified atom stereocenters. The summed E-state index contributed by atoms with van der Waals surface area (Å²) in [6.07, 6.45) is 7.38. The zero-order chi connectivity index (χ0) is 10.1. The first-order chi connectivity index (χ1) is 6.22. The van der Waals surface area contributed by atoms with Gasteiger partial charge >= 0.3 is 43.7 Å². The number of hydrogen-bond acceptors (Lipinski definition) is 1. The van der Waals surface area contributed by atoms with Gasteiger partial charge in [0.05, 0.1) is 5.92 Å². The Kier molecular flexibility index (Phi) is 14.4. The second-order valence-electron chi connectivity index (χ2n) is 3.67. The van der Waals surface area contributed by atoms with Crippen molar-refractivity contribution in [3.63, 3.8) is 0 Å². The number of rotatable bonds is 8. The molecule has 0 heterocycles. The fraction of sp³-hybridized carbons (Fsp3) is 0.909. The van der Waals surface area contributed by atoms with Crippen molar-refractivity contribution in [1.29, 1.82) is 0 Å². The molecule has 0 fully saturated rings. The maximum atomic E-state index is 10.8. The molecule has 3 heteroatoms. The molecule has 0 saturated carbocycles. The normalized spacial score (nSPS) is 11.9. The minimum absolute atomic E-state index is 0. The molecule has 0 aromatic carbocycles. The minimum atomic E-state index is -0.613. The third kappa shape index (κ3) is 9.29. The molecular formula is C11H24CaO2. The Hall–Kier alpha value is 0.730. The molecule has 14 heavy (non-hydrogen) atoms. The Bertz CT molecular complexity index is 137. The number of unbranched alkanes of at least 4 members (excludes halogenated alkanes) is 3. The van der Waals surface area contributed by atoms with E-state index in [1.54, 1.807) is 0 Å². The Morgan fingerprint density at radius 2 is 1.71 bits per heavy atom. The van der Waals surface area contributed by atoms with E-state index in [1.165, 1.54) is 19.3 Å². The molecule has 0 bridgehead atoms. The summed E-state index contributed by atoms with van der Waals surface area (Å²) in [6, 6.07) is 0. The van der Waals surface area contributed by atoms with Gasteiger partial charge in [-0.2, -0.15) is 0 Å². The molecule has 1 atom stereocenters. The van der Waals surface area contributed by atoms with Crippen LogP contribution in [0.4, 0.5) is 0 Å². The molecule has 0 aliphatic rings. The van der Waals surface area contributed by atoms with Gasteiger partial charge in [-0.25, -0.2) is 0 Å². The van der Waals surface area contributed by atoms with E-state index in [-0.39, 0.29) is 43.7 Å². The molecule has 0 radical (unpaired) electrons. The van der Waals surface area contributed by atoms with Gasteiger partial charge in [-0.15, -0.1) is 0 Å². The summed E-state index contributed by atoms with van der Waals surface area (Å²) in [6.45, 7) is 4.21. The number of aliphatic carboxylic acids is 1. The van der Waals surface area contributed by atoms with E-state index < -0.39 is 5.97 Å². The summed E-state index contributed by atoms with van der Waals surface area (Å²) in [7, 11) is 0. The monoisotopic (exact) mass is 228 g/mol. The van der Waals surface area contributed by atoms with Crippen LogP contribution in [0, 0.1) is 5.92 Å². The van der Waals surface area contributed by atoms with Gasteiger partial charge in [0.1, 0.15) is 0 Å². The quantitative estimate of drug-likeness (QED) is 0.512. The fourth-order valence-corrected chi connectivity index (χ4v) is 1.56. The molecule has 2 nitrogen and oxygen atoms in total. The molecule has 0 aliphatic heterocycles. The van der Waals surface area contributed by atoms with Crippen LogP contribution in [-0.4, -0.2) is 48.8 Å². The Labute approximate surface area is 117 Å². The average molecular weight is 228 g/mol. The van der Waals surface area contributed by atoms with Crippen LogP contribution in [0.25, 0.3) is 0 Å². The van der Waals surface area contributed by atoms with Crippen molar-refractivity contribution in [2.24, 2.45) is 5.92 Å². The molecule has 0 spiro atoms. The number of carboxylic acids is 1. The van der Waals surface area contributed by atoms with Gasteiger partial charge < -0.3 is 5.11 Å². The molecule has 0 aromatic heterocycles. The standard InChI is InChI=1S/C11H22O2.Ca.2H/c1-3-5-6-7-9-10(8-4-2)11(12)13;;;/h10H,3-9H2,1-2H3,(H,12,13);;;. The topological polar surface area (TPSA) is 37.3 Å². The molecule has 1 N–H and O–H groups in total. The van der Waals surface area contributed by atoms with Gasteiger partial charge in [0.15, 0.2) is 0 Å². The average Bonchev–Trinajstić information content (AvgIpc) is 2.10. The van der Waals surface area contributed by atoms with Crippen LogP contribution in [0.1, 0.15) is 58.8 Å². The van der Waals surface area contributed by atoms with E-state index >= 15 is 0 Å². The first-order valence-electron chi connectivity index (χ1n) is 5.45. The van der Waals surface area contributed by atoms with Crippen molar-refractivity contribution < 1.29 is 9.90 Å². The molecule has 0 amide bonds. The molecule has 0 rings (SSSR count). The molecule has 0 aromatic rings. The zero-order valence-corrected chi connectivity index (χ0v) is 8.88. The first-order valence-corrected chi connectivity index (χ1v) is 5.45. The van der Waals surface area contributed by atoms with Gasteiger partial charge in [0.2, 0.25) is 0 Å². The van der Waals surface area contributed by atoms with E-state index in [9.17, 15) is 4.79 Å².